The number of pyridine rings is 1. The molecular formula is C23H19N. The summed E-state index contributed by atoms with van der Waals surface area (Å²) in [6, 6.07) is 22.3. The van der Waals surface area contributed by atoms with Crippen LogP contribution in [0, 0.1) is 0 Å². The van der Waals surface area contributed by atoms with E-state index >= 15 is 0 Å². The van der Waals surface area contributed by atoms with Crippen molar-refractivity contribution < 1.29 is 0 Å². The molecule has 1 heterocycles. The Labute approximate surface area is 142 Å². The second kappa shape index (κ2) is 5.45. The molecule has 0 aliphatic heterocycles. The zero-order valence-corrected chi connectivity index (χ0v) is 13.6. The van der Waals surface area contributed by atoms with E-state index in [1.165, 1.54) is 39.1 Å². The van der Waals surface area contributed by atoms with Crippen molar-refractivity contribution in [3.05, 3.63) is 89.7 Å². The molecule has 0 saturated heterocycles. The van der Waals surface area contributed by atoms with Crippen molar-refractivity contribution in [3.63, 3.8) is 0 Å². The molecule has 5 rings (SSSR count). The summed E-state index contributed by atoms with van der Waals surface area (Å²) in [5.41, 5.74) is 4.50. The Kier molecular flexibility index (Phi) is 3.12. The van der Waals surface area contributed by atoms with E-state index < -0.39 is 0 Å². The highest BCUT2D eigenvalue weighted by molar-refractivity contribution is 6.08. The largest absolute Gasteiger partial charge is 0.265 e. The molecule has 0 bridgehead atoms. The average molecular weight is 309 g/mol. The zero-order chi connectivity index (χ0) is 15.9. The van der Waals surface area contributed by atoms with Crippen molar-refractivity contribution in [2.75, 3.05) is 0 Å². The molecular weight excluding hydrogens is 290 g/mol. The Bertz CT molecular complexity index is 1030. The van der Waals surface area contributed by atoms with Crippen molar-refractivity contribution in [2.24, 2.45) is 0 Å². The molecule has 3 aromatic carbocycles. The first-order valence-corrected chi connectivity index (χ1v) is 8.72. The fraction of sp³-hybridized carbons (Fsp3) is 0.174. The van der Waals surface area contributed by atoms with Crippen LogP contribution in [-0.4, -0.2) is 4.98 Å². The average Bonchev–Trinajstić information content (AvgIpc) is 2.67. The van der Waals surface area contributed by atoms with E-state index in [4.69, 9.17) is 0 Å². The number of hydrogen-bond donors (Lipinski definition) is 0. The number of aryl methyl sites for hydroxylation is 1. The lowest BCUT2D eigenvalue weighted by atomic mass is 9.78. The number of fused-ring (bicyclic) bond motifs is 5. The predicted octanol–water partition coefficient (Wildman–Crippen LogP) is 5.66. The molecule has 1 aliphatic rings. The molecule has 0 radical (unpaired) electrons. The molecule has 1 nitrogen and oxygen atoms in total. The molecule has 24 heavy (non-hydrogen) atoms. The van der Waals surface area contributed by atoms with Gasteiger partial charge in [0.25, 0.3) is 0 Å². The Balaban J connectivity index is 1.64. The molecule has 1 unspecified atom stereocenters. The monoisotopic (exact) mass is 309 g/mol. The summed E-state index contributed by atoms with van der Waals surface area (Å²) in [4.78, 5) is 4.15. The molecule has 0 N–H and O–H groups in total. The second-order valence-electron chi connectivity index (χ2n) is 6.81. The lowest BCUT2D eigenvalue weighted by molar-refractivity contribution is 0.587. The van der Waals surface area contributed by atoms with Gasteiger partial charge in [-0.2, -0.15) is 0 Å². The van der Waals surface area contributed by atoms with Crippen LogP contribution in [0.2, 0.25) is 0 Å². The van der Waals surface area contributed by atoms with E-state index in [0.29, 0.717) is 5.92 Å². The van der Waals surface area contributed by atoms with E-state index in [-0.39, 0.29) is 0 Å². The minimum absolute atomic E-state index is 0.624. The van der Waals surface area contributed by atoms with Crippen molar-refractivity contribution in [1.82, 2.24) is 4.98 Å². The number of aromatic nitrogens is 1. The quantitative estimate of drug-likeness (QED) is 0.413. The van der Waals surface area contributed by atoms with Crippen LogP contribution in [0.5, 0.6) is 0 Å². The van der Waals surface area contributed by atoms with Crippen LogP contribution in [0.3, 0.4) is 0 Å². The van der Waals surface area contributed by atoms with Crippen molar-refractivity contribution in [2.45, 2.75) is 25.2 Å². The maximum Gasteiger partial charge on any atom is 0.0270 e. The van der Waals surface area contributed by atoms with Crippen LogP contribution in [-0.2, 0) is 12.8 Å². The number of nitrogens with zero attached hydrogens (tertiary/aromatic N) is 1. The van der Waals surface area contributed by atoms with E-state index in [9.17, 15) is 0 Å². The Morgan fingerprint density at radius 2 is 1.58 bits per heavy atom. The molecule has 0 saturated carbocycles. The number of rotatable bonds is 1. The standard InChI is InChI=1S/C23H19N/c1-2-4-20-17(3-1)5-9-23-21-8-6-18(16-11-13-24-14-12-16)15-19(21)7-10-22(20)23/h1-5,7,9-14,18H,6,8,15H2. The molecule has 0 spiro atoms. The molecule has 4 aromatic rings. The van der Waals surface area contributed by atoms with Crippen LogP contribution in [0.15, 0.2) is 73.1 Å². The normalized spacial score (nSPS) is 17.1. The molecule has 0 amide bonds. The highest BCUT2D eigenvalue weighted by atomic mass is 14.6. The summed E-state index contributed by atoms with van der Waals surface area (Å²) in [6.07, 6.45) is 7.36. The third-order valence-corrected chi connectivity index (χ3v) is 5.52. The summed E-state index contributed by atoms with van der Waals surface area (Å²) in [5, 5.41) is 5.54. The van der Waals surface area contributed by atoms with Gasteiger partial charge in [0.05, 0.1) is 0 Å². The third kappa shape index (κ3) is 2.12. The van der Waals surface area contributed by atoms with Crippen LogP contribution in [0.4, 0.5) is 0 Å². The van der Waals surface area contributed by atoms with Crippen LogP contribution >= 0.6 is 0 Å². The smallest absolute Gasteiger partial charge is 0.0270 e. The highest BCUT2D eigenvalue weighted by Crippen LogP contribution is 2.37. The van der Waals surface area contributed by atoms with Gasteiger partial charge >= 0.3 is 0 Å². The topological polar surface area (TPSA) is 12.9 Å². The summed E-state index contributed by atoms with van der Waals surface area (Å²) in [7, 11) is 0. The van der Waals surface area contributed by atoms with Crippen LogP contribution in [0.1, 0.15) is 29.0 Å². The van der Waals surface area contributed by atoms with Crippen molar-refractivity contribution in [1.29, 1.82) is 0 Å². The Morgan fingerprint density at radius 3 is 2.50 bits per heavy atom. The first-order valence-electron chi connectivity index (χ1n) is 8.72. The van der Waals surface area contributed by atoms with Gasteiger partial charge in [-0.15, -0.1) is 0 Å². The summed E-state index contributed by atoms with van der Waals surface area (Å²) in [6.45, 7) is 0. The molecule has 1 atom stereocenters. The highest BCUT2D eigenvalue weighted by Gasteiger charge is 2.21. The molecule has 0 fully saturated rings. The third-order valence-electron chi connectivity index (χ3n) is 5.52. The minimum atomic E-state index is 0.624. The van der Waals surface area contributed by atoms with Gasteiger partial charge in [-0.1, -0.05) is 48.5 Å². The fourth-order valence-corrected chi connectivity index (χ4v) is 4.29. The zero-order valence-electron chi connectivity index (χ0n) is 13.6. The first-order chi connectivity index (χ1) is 11.9. The number of benzene rings is 3. The van der Waals surface area contributed by atoms with Gasteiger partial charge in [-0.3, -0.25) is 4.98 Å². The van der Waals surface area contributed by atoms with Crippen molar-refractivity contribution in [3.8, 4) is 0 Å². The van der Waals surface area contributed by atoms with E-state index in [1.54, 1.807) is 5.56 Å². The van der Waals surface area contributed by atoms with Gasteiger partial charge in [0.15, 0.2) is 0 Å². The number of hydrogen-bond acceptors (Lipinski definition) is 1. The predicted molar refractivity (Wildman–Crippen MR) is 100 cm³/mol. The first kappa shape index (κ1) is 13.7. The Hall–Kier alpha value is -2.67. The van der Waals surface area contributed by atoms with Gasteiger partial charge in [-0.25, -0.2) is 0 Å². The SMILES string of the molecule is c1ccc2c(c1)ccc1c3c(ccc12)CC(c1ccncc1)CC3. The molecule has 1 aromatic heterocycles. The van der Waals surface area contributed by atoms with Crippen LogP contribution in [0.25, 0.3) is 21.5 Å². The summed E-state index contributed by atoms with van der Waals surface area (Å²) in [5.74, 6) is 0.624. The molecule has 1 heteroatoms. The maximum atomic E-state index is 4.15. The van der Waals surface area contributed by atoms with Gasteiger partial charge in [0, 0.05) is 12.4 Å². The molecule has 1 aliphatic carbocycles. The van der Waals surface area contributed by atoms with Crippen LogP contribution < -0.4 is 0 Å². The molecule has 116 valence electrons. The summed E-state index contributed by atoms with van der Waals surface area (Å²) < 4.78 is 0. The minimum Gasteiger partial charge on any atom is -0.265 e. The lowest BCUT2D eigenvalue weighted by Gasteiger charge is -2.26. The fourth-order valence-electron chi connectivity index (χ4n) is 4.29. The lowest BCUT2D eigenvalue weighted by Crippen LogP contribution is -2.13. The maximum absolute atomic E-state index is 4.15. The van der Waals surface area contributed by atoms with Gasteiger partial charge in [0.2, 0.25) is 0 Å². The van der Waals surface area contributed by atoms with E-state index in [1.807, 2.05) is 12.4 Å². The summed E-state index contributed by atoms with van der Waals surface area (Å²) >= 11 is 0. The van der Waals surface area contributed by atoms with E-state index in [2.05, 4.69) is 65.6 Å². The Morgan fingerprint density at radius 1 is 0.750 bits per heavy atom. The van der Waals surface area contributed by atoms with E-state index in [0.717, 1.165) is 12.8 Å². The van der Waals surface area contributed by atoms with Gasteiger partial charge in [-0.05, 0) is 75.5 Å². The van der Waals surface area contributed by atoms with Gasteiger partial charge in [0.1, 0.15) is 0 Å². The van der Waals surface area contributed by atoms with Gasteiger partial charge < -0.3 is 0 Å². The van der Waals surface area contributed by atoms with Crippen molar-refractivity contribution >= 4 is 21.5 Å². The second-order valence-corrected chi connectivity index (χ2v) is 6.81.